The second kappa shape index (κ2) is 10.6. The number of unbranched alkanes of at least 4 members (excludes halogenated alkanes) is 1. The van der Waals surface area contributed by atoms with Crippen LogP contribution in [0.1, 0.15) is 25.3 Å². The van der Waals surface area contributed by atoms with Crippen molar-refractivity contribution in [2.75, 3.05) is 32.6 Å². The van der Waals surface area contributed by atoms with Gasteiger partial charge < -0.3 is 15.5 Å². The molecule has 4 nitrogen and oxygen atoms in total. The van der Waals surface area contributed by atoms with Crippen LogP contribution in [0.2, 0.25) is 0 Å². The van der Waals surface area contributed by atoms with Crippen LogP contribution in [0.15, 0.2) is 23.2 Å². The molecule has 6 heteroatoms. The largest absolute Gasteiger partial charge is 0.375 e. The molecule has 21 heavy (non-hydrogen) atoms. The molecule has 0 amide bonds. The number of anilines is 1. The van der Waals surface area contributed by atoms with Crippen molar-refractivity contribution in [2.45, 2.75) is 26.3 Å². The van der Waals surface area contributed by atoms with E-state index >= 15 is 0 Å². The van der Waals surface area contributed by atoms with E-state index in [0.29, 0.717) is 12.2 Å². The summed E-state index contributed by atoms with van der Waals surface area (Å²) in [5, 5.41) is 6.40. The molecule has 0 aliphatic carbocycles. The Kier molecular flexibility index (Phi) is 10.1. The van der Waals surface area contributed by atoms with Crippen LogP contribution < -0.4 is 15.5 Å². The Morgan fingerprint density at radius 2 is 2.00 bits per heavy atom. The van der Waals surface area contributed by atoms with Gasteiger partial charge in [0.1, 0.15) is 5.82 Å². The van der Waals surface area contributed by atoms with Gasteiger partial charge in [-0.1, -0.05) is 19.4 Å². The predicted molar refractivity (Wildman–Crippen MR) is 99.3 cm³/mol. The number of aliphatic imine (C=N–C) groups is 1. The fourth-order valence-electron chi connectivity index (χ4n) is 1.81. The van der Waals surface area contributed by atoms with Gasteiger partial charge in [0.15, 0.2) is 5.96 Å². The highest BCUT2D eigenvalue weighted by atomic mass is 127. The van der Waals surface area contributed by atoms with Crippen molar-refractivity contribution in [2.24, 2.45) is 4.99 Å². The molecule has 0 aliphatic rings. The van der Waals surface area contributed by atoms with E-state index in [1.165, 1.54) is 0 Å². The first-order valence-electron chi connectivity index (χ1n) is 6.98. The lowest BCUT2D eigenvalue weighted by Gasteiger charge is -2.15. The molecule has 120 valence electrons. The van der Waals surface area contributed by atoms with E-state index in [1.807, 2.05) is 20.2 Å². The monoisotopic (exact) mass is 408 g/mol. The average Bonchev–Trinajstić information content (AvgIpc) is 2.42. The summed E-state index contributed by atoms with van der Waals surface area (Å²) in [5.41, 5.74) is 1.49. The van der Waals surface area contributed by atoms with E-state index in [9.17, 15) is 4.39 Å². The Morgan fingerprint density at radius 1 is 1.29 bits per heavy atom. The number of benzene rings is 1. The van der Waals surface area contributed by atoms with E-state index < -0.39 is 0 Å². The van der Waals surface area contributed by atoms with Gasteiger partial charge in [0.25, 0.3) is 0 Å². The second-order valence-electron chi connectivity index (χ2n) is 4.89. The van der Waals surface area contributed by atoms with Crippen molar-refractivity contribution in [3.63, 3.8) is 0 Å². The zero-order chi connectivity index (χ0) is 15.0. The fraction of sp³-hybridized carbons (Fsp3) is 0.533. The smallest absolute Gasteiger partial charge is 0.191 e. The average molecular weight is 408 g/mol. The molecular weight excluding hydrogens is 382 g/mol. The molecule has 0 aliphatic heterocycles. The van der Waals surface area contributed by atoms with Crippen LogP contribution in [0.4, 0.5) is 10.1 Å². The third kappa shape index (κ3) is 6.97. The number of rotatable bonds is 6. The summed E-state index contributed by atoms with van der Waals surface area (Å²) in [4.78, 5) is 5.90. The highest BCUT2D eigenvalue weighted by Crippen LogP contribution is 2.18. The van der Waals surface area contributed by atoms with Crippen LogP contribution >= 0.6 is 24.0 Å². The minimum atomic E-state index is -0.205. The minimum absolute atomic E-state index is 0. The van der Waals surface area contributed by atoms with Crippen molar-refractivity contribution >= 4 is 35.6 Å². The molecule has 0 heterocycles. The van der Waals surface area contributed by atoms with E-state index in [2.05, 4.69) is 22.5 Å². The van der Waals surface area contributed by atoms with Crippen molar-refractivity contribution in [1.29, 1.82) is 0 Å². The first-order chi connectivity index (χ1) is 9.58. The first kappa shape index (κ1) is 19.9. The third-order valence-electron chi connectivity index (χ3n) is 3.00. The first-order valence-corrected chi connectivity index (χ1v) is 6.98. The minimum Gasteiger partial charge on any atom is -0.375 e. The summed E-state index contributed by atoms with van der Waals surface area (Å²) < 4.78 is 13.8. The quantitative estimate of drug-likeness (QED) is 0.329. The molecule has 0 bridgehead atoms. The molecule has 1 rings (SSSR count). The molecular formula is C15H26FIN4. The normalized spacial score (nSPS) is 10.8. The maximum atomic E-state index is 13.8. The Labute approximate surface area is 144 Å². The Morgan fingerprint density at radius 3 is 2.52 bits per heavy atom. The highest BCUT2D eigenvalue weighted by Gasteiger charge is 2.05. The van der Waals surface area contributed by atoms with Gasteiger partial charge in [-0.3, -0.25) is 4.99 Å². The lowest BCUT2D eigenvalue weighted by molar-refractivity contribution is 0.622. The molecule has 0 fully saturated rings. The van der Waals surface area contributed by atoms with Gasteiger partial charge in [-0.05, 0) is 24.1 Å². The van der Waals surface area contributed by atoms with Crippen molar-refractivity contribution in [3.8, 4) is 0 Å². The molecule has 0 aromatic heterocycles. The zero-order valence-electron chi connectivity index (χ0n) is 13.2. The molecule has 0 spiro atoms. The van der Waals surface area contributed by atoms with Crippen molar-refractivity contribution < 1.29 is 4.39 Å². The molecule has 0 unspecified atom stereocenters. The predicted octanol–water partition coefficient (Wildman–Crippen LogP) is 2.97. The number of hydrogen-bond donors (Lipinski definition) is 2. The van der Waals surface area contributed by atoms with E-state index in [1.54, 1.807) is 24.1 Å². The molecule has 1 aromatic rings. The summed E-state index contributed by atoms with van der Waals surface area (Å²) in [6.07, 6.45) is 2.24. The van der Waals surface area contributed by atoms with E-state index in [4.69, 9.17) is 0 Å². The number of hydrogen-bond acceptors (Lipinski definition) is 2. The Hall–Kier alpha value is -1.05. The third-order valence-corrected chi connectivity index (χ3v) is 3.00. The number of nitrogens with zero attached hydrogens (tertiary/aromatic N) is 2. The van der Waals surface area contributed by atoms with Gasteiger partial charge in [-0.15, -0.1) is 24.0 Å². The summed E-state index contributed by atoms with van der Waals surface area (Å²) in [6, 6.07) is 5.27. The lowest BCUT2D eigenvalue weighted by atomic mass is 10.2. The highest BCUT2D eigenvalue weighted by molar-refractivity contribution is 14.0. The van der Waals surface area contributed by atoms with E-state index in [-0.39, 0.29) is 29.8 Å². The fourth-order valence-corrected chi connectivity index (χ4v) is 1.81. The second-order valence-corrected chi connectivity index (χ2v) is 4.89. The topological polar surface area (TPSA) is 39.7 Å². The molecule has 1 aromatic carbocycles. The molecule has 0 saturated heterocycles. The van der Waals surface area contributed by atoms with Crippen LogP contribution in [0.3, 0.4) is 0 Å². The number of nitrogens with one attached hydrogen (secondary N) is 2. The molecule has 0 saturated carbocycles. The van der Waals surface area contributed by atoms with Gasteiger partial charge >= 0.3 is 0 Å². The standard InChI is InChI=1S/C15H25FN4.HI/c1-5-6-9-18-15(17-2)19-11-12-7-8-14(20(3)4)13(16)10-12;/h7-8,10H,5-6,9,11H2,1-4H3,(H2,17,18,19);1H. The zero-order valence-corrected chi connectivity index (χ0v) is 15.6. The van der Waals surface area contributed by atoms with E-state index in [0.717, 1.165) is 30.9 Å². The number of guanidine groups is 1. The number of halogens is 2. The Bertz CT molecular complexity index is 449. The van der Waals surface area contributed by atoms with Crippen LogP contribution in [-0.4, -0.2) is 33.6 Å². The van der Waals surface area contributed by atoms with Gasteiger partial charge in [0.2, 0.25) is 0 Å². The lowest BCUT2D eigenvalue weighted by Crippen LogP contribution is -2.37. The summed E-state index contributed by atoms with van der Waals surface area (Å²) in [5.74, 6) is 0.541. The van der Waals surface area contributed by atoms with Crippen LogP contribution in [0, 0.1) is 5.82 Å². The van der Waals surface area contributed by atoms with Crippen LogP contribution in [0.25, 0.3) is 0 Å². The van der Waals surface area contributed by atoms with Gasteiger partial charge in [0, 0.05) is 34.2 Å². The van der Waals surface area contributed by atoms with Gasteiger partial charge in [-0.25, -0.2) is 4.39 Å². The van der Waals surface area contributed by atoms with Crippen LogP contribution in [0.5, 0.6) is 0 Å². The SMILES string of the molecule is CCCCNC(=NC)NCc1ccc(N(C)C)c(F)c1.I. The van der Waals surface area contributed by atoms with Crippen molar-refractivity contribution in [1.82, 2.24) is 10.6 Å². The summed E-state index contributed by atoms with van der Waals surface area (Å²) in [7, 11) is 5.39. The maximum absolute atomic E-state index is 13.8. The van der Waals surface area contributed by atoms with Gasteiger partial charge in [-0.2, -0.15) is 0 Å². The molecule has 2 N–H and O–H groups in total. The maximum Gasteiger partial charge on any atom is 0.191 e. The molecule has 0 atom stereocenters. The van der Waals surface area contributed by atoms with Crippen LogP contribution in [-0.2, 0) is 6.54 Å². The molecule has 0 radical (unpaired) electrons. The summed E-state index contributed by atoms with van der Waals surface area (Å²) in [6.45, 7) is 3.59. The Balaban J connectivity index is 0.00000400. The van der Waals surface area contributed by atoms with Crippen molar-refractivity contribution in [3.05, 3.63) is 29.6 Å². The van der Waals surface area contributed by atoms with Gasteiger partial charge in [0.05, 0.1) is 5.69 Å². The summed E-state index contributed by atoms with van der Waals surface area (Å²) >= 11 is 0.